The van der Waals surface area contributed by atoms with E-state index in [9.17, 15) is 14.0 Å². The zero-order valence-electron chi connectivity index (χ0n) is 14.6. The van der Waals surface area contributed by atoms with Gasteiger partial charge in [0.1, 0.15) is 30.4 Å². The summed E-state index contributed by atoms with van der Waals surface area (Å²) in [5.41, 5.74) is 0.884. The van der Waals surface area contributed by atoms with Crippen LogP contribution in [0.1, 0.15) is 21.6 Å². The molecule has 1 aliphatic heterocycles. The van der Waals surface area contributed by atoms with Crippen LogP contribution < -0.4 is 14.8 Å². The van der Waals surface area contributed by atoms with Crippen LogP contribution in [0.25, 0.3) is 10.9 Å². The normalized spacial score (nSPS) is 12.8. The molecule has 2 N–H and O–H groups in total. The molecule has 0 radical (unpaired) electrons. The first-order chi connectivity index (χ1) is 13.5. The molecule has 144 valence electrons. The third-order valence-electron chi connectivity index (χ3n) is 4.29. The Balaban J connectivity index is 1.95. The lowest BCUT2D eigenvalue weighted by atomic mass is 9.97. The maximum atomic E-state index is 14.0. The van der Waals surface area contributed by atoms with Crippen molar-refractivity contribution in [2.45, 2.75) is 6.92 Å². The van der Waals surface area contributed by atoms with Gasteiger partial charge in [-0.25, -0.2) is 9.37 Å². The van der Waals surface area contributed by atoms with Crippen LogP contribution in [-0.2, 0) is 4.79 Å². The number of hydrogen-bond acceptors (Lipinski definition) is 6. The van der Waals surface area contributed by atoms with Crippen LogP contribution in [0, 0.1) is 12.7 Å². The highest BCUT2D eigenvalue weighted by Gasteiger charge is 2.30. The largest absolute Gasteiger partial charge is 0.484 e. The van der Waals surface area contributed by atoms with Crippen molar-refractivity contribution < 1.29 is 23.5 Å². The quantitative estimate of drug-likeness (QED) is 0.511. The molecule has 1 aromatic carbocycles. The van der Waals surface area contributed by atoms with Crippen molar-refractivity contribution in [1.82, 2.24) is 15.2 Å². The van der Waals surface area contributed by atoms with Gasteiger partial charge in [0.25, 0.3) is 5.88 Å². The number of ether oxygens (including phenoxy) is 2. The number of aromatic amines is 1. The predicted octanol–water partition coefficient (Wildman–Crippen LogP) is 2.58. The molecule has 4 rings (SSSR count). The number of carbonyl (C=O) groups excluding carboxylic acids is 2. The summed E-state index contributed by atoms with van der Waals surface area (Å²) in [6.45, 7) is 2.12. The fraction of sp³-hybridized carbons (Fsp3) is 0.222. The van der Waals surface area contributed by atoms with Crippen LogP contribution in [0.2, 0.25) is 0 Å². The average Bonchev–Trinajstić information content (AvgIpc) is 3.19. The number of halogens is 2. The fourth-order valence-electron chi connectivity index (χ4n) is 3.05. The molecular formula is C18H14ClFN4O4. The summed E-state index contributed by atoms with van der Waals surface area (Å²) in [5, 5.41) is 9.25. The Kier molecular flexibility index (Phi) is 4.60. The number of nitrogens with zero attached hydrogens (tertiary/aromatic N) is 2. The minimum Gasteiger partial charge on any atom is -0.484 e. The molecular weight excluding hydrogens is 391 g/mol. The van der Waals surface area contributed by atoms with Gasteiger partial charge in [-0.3, -0.25) is 14.7 Å². The number of benzene rings is 1. The van der Waals surface area contributed by atoms with Crippen molar-refractivity contribution in [2.75, 3.05) is 24.4 Å². The first kappa shape index (κ1) is 18.2. The molecule has 0 atom stereocenters. The van der Waals surface area contributed by atoms with Crippen LogP contribution >= 0.6 is 11.6 Å². The molecule has 10 heteroatoms. The van der Waals surface area contributed by atoms with Gasteiger partial charge in [0, 0.05) is 10.9 Å². The van der Waals surface area contributed by atoms with Gasteiger partial charge >= 0.3 is 0 Å². The summed E-state index contributed by atoms with van der Waals surface area (Å²) in [7, 11) is 0. The number of pyridine rings is 1. The Morgan fingerprint density at radius 2 is 2.11 bits per heavy atom. The third-order valence-corrected chi connectivity index (χ3v) is 4.54. The molecule has 0 saturated heterocycles. The van der Waals surface area contributed by atoms with E-state index in [1.807, 2.05) is 0 Å². The standard InChI is InChI=1S/C18H14ClFN4O4/c1-8-14(23-12(25)6-19)13(17-18(22-8)28-5-4-27-17)16(26)9-2-3-11(20)15-10(9)7-21-24-15/h2-3,7H,4-6H2,1H3,(H,21,24)(H,23,25). The maximum Gasteiger partial charge on any atom is 0.258 e. The Hall–Kier alpha value is -3.20. The zero-order valence-corrected chi connectivity index (χ0v) is 15.4. The summed E-state index contributed by atoms with van der Waals surface area (Å²) in [5.74, 6) is -1.57. The van der Waals surface area contributed by atoms with Crippen LogP contribution in [0.15, 0.2) is 18.3 Å². The highest BCUT2D eigenvalue weighted by atomic mass is 35.5. The van der Waals surface area contributed by atoms with Crippen molar-refractivity contribution in [3.8, 4) is 11.6 Å². The smallest absolute Gasteiger partial charge is 0.258 e. The van der Waals surface area contributed by atoms with Gasteiger partial charge in [-0.1, -0.05) is 0 Å². The van der Waals surface area contributed by atoms with E-state index in [1.165, 1.54) is 18.3 Å². The SMILES string of the molecule is Cc1nc2c(c(C(=O)c3ccc(F)c4[nH]ncc34)c1NC(=O)CCl)OCCO2. The van der Waals surface area contributed by atoms with Crippen molar-refractivity contribution in [3.63, 3.8) is 0 Å². The molecule has 3 aromatic rings. The third kappa shape index (κ3) is 2.93. The van der Waals surface area contributed by atoms with Crippen LogP contribution in [-0.4, -0.2) is 46.0 Å². The number of anilines is 1. The van der Waals surface area contributed by atoms with Crippen LogP contribution in [0.3, 0.4) is 0 Å². The number of hydrogen-bond donors (Lipinski definition) is 2. The molecule has 3 heterocycles. The summed E-state index contributed by atoms with van der Waals surface area (Å²) in [6, 6.07) is 2.52. The van der Waals surface area contributed by atoms with Gasteiger partial charge in [0.05, 0.1) is 23.1 Å². The molecule has 8 nitrogen and oxygen atoms in total. The number of H-pyrrole nitrogens is 1. The van der Waals surface area contributed by atoms with E-state index < -0.39 is 17.5 Å². The van der Waals surface area contributed by atoms with Gasteiger partial charge < -0.3 is 14.8 Å². The summed E-state index contributed by atoms with van der Waals surface area (Å²) >= 11 is 5.60. The van der Waals surface area contributed by atoms with E-state index in [-0.39, 0.29) is 53.1 Å². The Morgan fingerprint density at radius 3 is 2.89 bits per heavy atom. The Labute approximate surface area is 163 Å². The van der Waals surface area contributed by atoms with Crippen LogP contribution in [0.5, 0.6) is 11.6 Å². The zero-order chi connectivity index (χ0) is 19.8. The second kappa shape index (κ2) is 7.08. The van der Waals surface area contributed by atoms with Gasteiger partial charge in [-0.05, 0) is 19.1 Å². The lowest BCUT2D eigenvalue weighted by Crippen LogP contribution is -2.23. The number of fused-ring (bicyclic) bond motifs is 2. The highest BCUT2D eigenvalue weighted by Crippen LogP contribution is 2.40. The Morgan fingerprint density at radius 1 is 1.32 bits per heavy atom. The summed E-state index contributed by atoms with van der Waals surface area (Å²) < 4.78 is 25.1. The minimum atomic E-state index is -0.535. The molecule has 0 bridgehead atoms. The lowest BCUT2D eigenvalue weighted by Gasteiger charge is -2.23. The second-order valence-electron chi connectivity index (χ2n) is 6.04. The first-order valence-corrected chi connectivity index (χ1v) is 8.87. The van der Waals surface area contributed by atoms with Gasteiger partial charge in [0.15, 0.2) is 11.5 Å². The summed E-state index contributed by atoms with van der Waals surface area (Å²) in [6.07, 6.45) is 1.36. The fourth-order valence-corrected chi connectivity index (χ4v) is 3.12. The highest BCUT2D eigenvalue weighted by molar-refractivity contribution is 6.29. The maximum absolute atomic E-state index is 14.0. The number of amides is 1. The molecule has 0 spiro atoms. The molecule has 0 unspecified atom stereocenters. The van der Waals surface area contributed by atoms with Gasteiger partial charge in [-0.2, -0.15) is 5.10 Å². The molecule has 28 heavy (non-hydrogen) atoms. The van der Waals surface area contributed by atoms with Crippen molar-refractivity contribution in [1.29, 1.82) is 0 Å². The van der Waals surface area contributed by atoms with Crippen molar-refractivity contribution in [3.05, 3.63) is 41.0 Å². The van der Waals surface area contributed by atoms with E-state index in [0.717, 1.165) is 0 Å². The number of carbonyl (C=O) groups is 2. The van der Waals surface area contributed by atoms with E-state index in [2.05, 4.69) is 20.5 Å². The van der Waals surface area contributed by atoms with Gasteiger partial charge in [-0.15, -0.1) is 11.6 Å². The van der Waals surface area contributed by atoms with E-state index in [1.54, 1.807) is 6.92 Å². The lowest BCUT2D eigenvalue weighted by molar-refractivity contribution is -0.113. The monoisotopic (exact) mass is 404 g/mol. The van der Waals surface area contributed by atoms with Gasteiger partial charge in [0.2, 0.25) is 5.91 Å². The average molecular weight is 405 g/mol. The van der Waals surface area contributed by atoms with E-state index in [4.69, 9.17) is 21.1 Å². The number of alkyl halides is 1. The Bertz CT molecular complexity index is 1110. The number of aryl methyl sites for hydroxylation is 1. The van der Waals surface area contributed by atoms with E-state index >= 15 is 0 Å². The molecule has 0 fully saturated rings. The number of ketones is 1. The van der Waals surface area contributed by atoms with Crippen molar-refractivity contribution in [2.24, 2.45) is 0 Å². The first-order valence-electron chi connectivity index (χ1n) is 8.33. The topological polar surface area (TPSA) is 106 Å². The molecule has 0 saturated carbocycles. The second-order valence-corrected chi connectivity index (χ2v) is 6.31. The minimum absolute atomic E-state index is 0.0646. The van der Waals surface area contributed by atoms with Crippen LogP contribution in [0.4, 0.5) is 10.1 Å². The summed E-state index contributed by atoms with van der Waals surface area (Å²) in [4.78, 5) is 29.7. The number of nitrogens with one attached hydrogen (secondary N) is 2. The number of aromatic nitrogens is 3. The number of rotatable bonds is 4. The molecule has 1 amide bonds. The predicted molar refractivity (Wildman–Crippen MR) is 98.8 cm³/mol. The molecule has 1 aliphatic rings. The van der Waals surface area contributed by atoms with Crippen molar-refractivity contribution >= 4 is 39.9 Å². The molecule has 2 aromatic heterocycles. The van der Waals surface area contributed by atoms with E-state index in [0.29, 0.717) is 11.1 Å². The molecule has 0 aliphatic carbocycles.